The monoisotopic (exact) mass is 706 g/mol. The van der Waals surface area contributed by atoms with Gasteiger partial charge in [-0.25, -0.2) is 22.8 Å². The lowest BCUT2D eigenvalue weighted by atomic mass is 10.0. The molecule has 2 aromatic heterocycles. The Kier molecular flexibility index (Phi) is 11.1. The second-order valence-corrected chi connectivity index (χ2v) is 15.2. The summed E-state index contributed by atoms with van der Waals surface area (Å²) < 4.78 is 44.1. The van der Waals surface area contributed by atoms with Gasteiger partial charge < -0.3 is 29.9 Å². The van der Waals surface area contributed by atoms with Crippen molar-refractivity contribution in [2.45, 2.75) is 38.1 Å². The average molecular weight is 707 g/mol. The number of hydrogen-bond acceptors (Lipinski definition) is 9. The van der Waals surface area contributed by atoms with E-state index < -0.39 is 15.9 Å². The number of benzene rings is 3. The number of β-amino-alcohol motifs (C(OH)–C–C–N with tert-alkyl or cyclic N) is 1. The zero-order chi connectivity index (χ0) is 34.4. The fourth-order valence-electron chi connectivity index (χ4n) is 6.05. The Morgan fingerprint density at radius 1 is 1.04 bits per heavy atom. The number of fused-ring (bicyclic) bond motifs is 1. The molecular formula is C36H40ClFN6O4S. The largest absolute Gasteiger partial charge is 0.487 e. The molecule has 3 heterocycles. The normalized spacial score (nSPS) is 15.0. The van der Waals surface area contributed by atoms with Gasteiger partial charge in [-0.1, -0.05) is 29.8 Å². The number of anilines is 2. The molecule has 1 saturated heterocycles. The Morgan fingerprint density at radius 2 is 1.88 bits per heavy atom. The van der Waals surface area contributed by atoms with Crippen molar-refractivity contribution >= 4 is 43.8 Å². The van der Waals surface area contributed by atoms with Crippen LogP contribution in [-0.4, -0.2) is 83.3 Å². The van der Waals surface area contributed by atoms with Gasteiger partial charge in [-0.15, -0.1) is 0 Å². The van der Waals surface area contributed by atoms with E-state index >= 15 is 0 Å². The Bertz CT molecular complexity index is 2000. The Labute approximate surface area is 290 Å². The topological polar surface area (TPSA) is 122 Å². The molecular weight excluding hydrogens is 667 g/mol. The first-order valence-electron chi connectivity index (χ1n) is 16.2. The molecule has 0 amide bonds. The summed E-state index contributed by atoms with van der Waals surface area (Å²) in [4.78, 5) is 11.2. The van der Waals surface area contributed by atoms with Gasteiger partial charge in [-0.05, 0) is 91.2 Å². The van der Waals surface area contributed by atoms with E-state index in [1.807, 2.05) is 47.3 Å². The number of halogens is 2. The molecule has 1 unspecified atom stereocenters. The summed E-state index contributed by atoms with van der Waals surface area (Å²) in [5, 5.41) is 18.8. The van der Waals surface area contributed by atoms with Crippen molar-refractivity contribution in [1.82, 2.24) is 24.8 Å². The predicted octanol–water partition coefficient (Wildman–Crippen LogP) is 5.67. The third-order valence-corrected chi connectivity index (χ3v) is 9.82. The highest BCUT2D eigenvalue weighted by Gasteiger charge is 2.21. The number of ether oxygens (including phenoxy) is 1. The molecule has 1 atom stereocenters. The first-order chi connectivity index (χ1) is 23.6. The van der Waals surface area contributed by atoms with Crippen LogP contribution in [0.4, 0.5) is 15.9 Å². The van der Waals surface area contributed by atoms with Gasteiger partial charge in [0.15, 0.2) is 0 Å². The highest BCUT2D eigenvalue weighted by Crippen LogP contribution is 2.32. The van der Waals surface area contributed by atoms with Crippen LogP contribution in [0.3, 0.4) is 0 Å². The van der Waals surface area contributed by atoms with Crippen LogP contribution >= 0.6 is 11.6 Å². The minimum absolute atomic E-state index is 0.151. The number of nitrogens with zero attached hydrogens (tertiary/aromatic N) is 4. The van der Waals surface area contributed by atoms with Crippen LogP contribution in [0.5, 0.6) is 5.75 Å². The molecule has 13 heteroatoms. The quantitative estimate of drug-likeness (QED) is 0.134. The molecule has 0 saturated carbocycles. The predicted molar refractivity (Wildman–Crippen MR) is 192 cm³/mol. The van der Waals surface area contributed by atoms with Crippen molar-refractivity contribution in [3.05, 3.63) is 102 Å². The van der Waals surface area contributed by atoms with Crippen LogP contribution in [0.15, 0.2) is 85.5 Å². The fraction of sp³-hybridized carbons (Fsp3) is 0.333. The summed E-state index contributed by atoms with van der Waals surface area (Å²) >= 11 is 6.53. The molecule has 1 aliphatic rings. The summed E-state index contributed by atoms with van der Waals surface area (Å²) in [6.45, 7) is 3.44. The standard InChI is InChI=1S/C36H40ClFN6O4S/c1-49(46,47)16-12-39-29-10-14-43(15-11-29)21-31(45)22-44-13-9-27(20-44)26-5-7-34-32(18-26)36(41-24-40-34)42-30-6-8-35(33(37)19-30)48-23-25-3-2-4-28(38)17-25/h2-9,13,17-20,24,29,31,39,45H,10-12,14-16,21-23H2,1H3,(H,40,41,42). The lowest BCUT2D eigenvalue weighted by Crippen LogP contribution is -2.46. The van der Waals surface area contributed by atoms with E-state index in [9.17, 15) is 17.9 Å². The van der Waals surface area contributed by atoms with Gasteiger partial charge in [0.2, 0.25) is 0 Å². The van der Waals surface area contributed by atoms with E-state index in [0.717, 1.165) is 53.6 Å². The first-order valence-corrected chi connectivity index (χ1v) is 18.7. The molecule has 5 aromatic rings. The number of hydrogen-bond donors (Lipinski definition) is 3. The fourth-order valence-corrected chi connectivity index (χ4v) is 6.77. The molecule has 3 N–H and O–H groups in total. The zero-order valence-corrected chi connectivity index (χ0v) is 28.8. The Balaban J connectivity index is 1.05. The molecule has 1 fully saturated rings. The van der Waals surface area contributed by atoms with Gasteiger partial charge >= 0.3 is 0 Å². The maximum absolute atomic E-state index is 13.5. The van der Waals surface area contributed by atoms with Gasteiger partial charge in [0, 0.05) is 55.4 Å². The molecule has 1 aliphatic heterocycles. The number of aliphatic hydroxyl groups is 1. The van der Waals surface area contributed by atoms with Gasteiger partial charge in [-0.3, -0.25) is 0 Å². The van der Waals surface area contributed by atoms with Gasteiger partial charge in [0.05, 0.1) is 22.4 Å². The lowest BCUT2D eigenvalue weighted by Gasteiger charge is -2.33. The summed E-state index contributed by atoms with van der Waals surface area (Å²) in [5.41, 5.74) is 4.21. The maximum Gasteiger partial charge on any atom is 0.148 e. The molecule has 0 radical (unpaired) electrons. The van der Waals surface area contributed by atoms with Gasteiger partial charge in [0.25, 0.3) is 0 Å². The first kappa shape index (κ1) is 34.8. The highest BCUT2D eigenvalue weighted by atomic mass is 35.5. The van der Waals surface area contributed by atoms with Crippen LogP contribution in [0, 0.1) is 5.82 Å². The van der Waals surface area contributed by atoms with Crippen LogP contribution < -0.4 is 15.4 Å². The second kappa shape index (κ2) is 15.6. The maximum atomic E-state index is 13.5. The summed E-state index contributed by atoms with van der Waals surface area (Å²) in [6, 6.07) is 20.0. The molecule has 0 aliphatic carbocycles. The van der Waals surface area contributed by atoms with Crippen molar-refractivity contribution < 1.29 is 22.7 Å². The van der Waals surface area contributed by atoms with Crippen LogP contribution in [0.2, 0.25) is 5.02 Å². The van der Waals surface area contributed by atoms with Crippen molar-refractivity contribution in [1.29, 1.82) is 0 Å². The van der Waals surface area contributed by atoms with Crippen LogP contribution in [0.1, 0.15) is 18.4 Å². The highest BCUT2D eigenvalue weighted by molar-refractivity contribution is 7.90. The summed E-state index contributed by atoms with van der Waals surface area (Å²) in [7, 11) is -2.96. The number of rotatable bonds is 14. The summed E-state index contributed by atoms with van der Waals surface area (Å²) in [5.74, 6) is 0.947. The second-order valence-electron chi connectivity index (χ2n) is 12.6. The van der Waals surface area contributed by atoms with E-state index in [0.29, 0.717) is 47.8 Å². The van der Waals surface area contributed by atoms with Crippen molar-refractivity contribution in [3.8, 4) is 16.9 Å². The molecule has 6 rings (SSSR count). The molecule has 3 aromatic carbocycles. The van der Waals surface area contributed by atoms with E-state index in [1.54, 1.807) is 24.3 Å². The third-order valence-electron chi connectivity index (χ3n) is 8.58. The SMILES string of the molecule is CS(=O)(=O)CCNC1CCN(CC(O)Cn2ccc(-c3ccc4ncnc(Nc5ccc(OCc6cccc(F)c6)c(Cl)c5)c4c3)c2)CC1. The minimum atomic E-state index is -2.96. The van der Waals surface area contributed by atoms with Crippen LogP contribution in [-0.2, 0) is 23.0 Å². The van der Waals surface area contributed by atoms with E-state index in [2.05, 4.69) is 25.5 Å². The van der Waals surface area contributed by atoms with Crippen molar-refractivity contribution in [2.24, 2.45) is 0 Å². The lowest BCUT2D eigenvalue weighted by molar-refractivity contribution is 0.0827. The number of likely N-dealkylation sites (tertiary alicyclic amines) is 1. The average Bonchev–Trinajstić information content (AvgIpc) is 3.53. The molecule has 0 bridgehead atoms. The van der Waals surface area contributed by atoms with E-state index in [-0.39, 0.29) is 18.2 Å². The van der Waals surface area contributed by atoms with E-state index in [4.69, 9.17) is 16.3 Å². The van der Waals surface area contributed by atoms with Crippen molar-refractivity contribution in [3.63, 3.8) is 0 Å². The van der Waals surface area contributed by atoms with Gasteiger partial charge in [-0.2, -0.15) is 0 Å². The number of sulfone groups is 1. The number of aliphatic hydroxyl groups excluding tert-OH is 1. The van der Waals surface area contributed by atoms with Gasteiger partial charge in [0.1, 0.15) is 40.2 Å². The Hall–Kier alpha value is -4.07. The number of aromatic nitrogens is 3. The number of nitrogens with one attached hydrogen (secondary N) is 2. The third kappa shape index (κ3) is 9.77. The molecule has 258 valence electrons. The molecule has 10 nitrogen and oxygen atoms in total. The molecule has 0 spiro atoms. The summed E-state index contributed by atoms with van der Waals surface area (Å²) in [6.07, 6.45) is 8.10. The van der Waals surface area contributed by atoms with E-state index in [1.165, 1.54) is 24.7 Å². The van der Waals surface area contributed by atoms with Crippen LogP contribution in [0.25, 0.3) is 22.0 Å². The number of piperidine rings is 1. The molecule has 49 heavy (non-hydrogen) atoms. The van der Waals surface area contributed by atoms with Crippen molar-refractivity contribution in [2.75, 3.05) is 43.5 Å². The minimum Gasteiger partial charge on any atom is -0.487 e. The Morgan fingerprint density at radius 3 is 2.65 bits per heavy atom. The zero-order valence-electron chi connectivity index (χ0n) is 27.2. The smallest absolute Gasteiger partial charge is 0.148 e.